The van der Waals surface area contributed by atoms with E-state index in [1.807, 2.05) is 0 Å². The number of thioether (sulfide) groups is 2. The van der Waals surface area contributed by atoms with Crippen molar-refractivity contribution in [2.45, 2.75) is 29.5 Å². The van der Waals surface area contributed by atoms with Crippen LogP contribution in [0.25, 0.3) is 0 Å². The first-order chi connectivity index (χ1) is 13.5. The Labute approximate surface area is 173 Å². The van der Waals surface area contributed by atoms with E-state index in [-0.39, 0.29) is 22.9 Å². The zero-order chi connectivity index (χ0) is 19.9. The Morgan fingerprint density at radius 1 is 1.21 bits per heavy atom. The largest absolute Gasteiger partial charge is 0.353 e. The van der Waals surface area contributed by atoms with E-state index in [9.17, 15) is 14.0 Å². The highest BCUT2D eigenvalue weighted by atomic mass is 32.2. The van der Waals surface area contributed by atoms with E-state index in [1.54, 1.807) is 23.9 Å². The first-order valence-electron chi connectivity index (χ1n) is 9.15. The zero-order valence-electron chi connectivity index (χ0n) is 15.6. The van der Waals surface area contributed by atoms with Gasteiger partial charge in [-0.25, -0.2) is 4.39 Å². The molecule has 1 saturated heterocycles. The van der Waals surface area contributed by atoms with Gasteiger partial charge < -0.3 is 10.6 Å². The molecule has 0 radical (unpaired) electrons. The Morgan fingerprint density at radius 3 is 2.61 bits per heavy atom. The minimum atomic E-state index is -0.508. The summed E-state index contributed by atoms with van der Waals surface area (Å²) in [5.41, 5.74) is 2.13. The summed E-state index contributed by atoms with van der Waals surface area (Å²) in [7, 11) is 0. The second-order valence-corrected chi connectivity index (χ2v) is 9.07. The molecule has 7 heteroatoms. The van der Waals surface area contributed by atoms with Crippen molar-refractivity contribution in [3.8, 4) is 0 Å². The fourth-order valence-corrected chi connectivity index (χ4v) is 4.78. The van der Waals surface area contributed by atoms with E-state index in [1.165, 1.54) is 34.4 Å². The van der Waals surface area contributed by atoms with Crippen LogP contribution in [0.15, 0.2) is 53.4 Å². The number of carbonyl (C=O) groups is 2. The molecule has 1 heterocycles. The van der Waals surface area contributed by atoms with Crippen molar-refractivity contribution in [1.82, 2.24) is 10.6 Å². The molecule has 0 saturated carbocycles. The van der Waals surface area contributed by atoms with Gasteiger partial charge in [-0.05, 0) is 43.2 Å². The smallest absolute Gasteiger partial charge is 0.243 e. The molecule has 1 fully saturated rings. The molecule has 148 valence electrons. The van der Waals surface area contributed by atoms with Gasteiger partial charge in [0.25, 0.3) is 0 Å². The van der Waals surface area contributed by atoms with Gasteiger partial charge in [0.05, 0.1) is 5.25 Å². The van der Waals surface area contributed by atoms with Crippen molar-refractivity contribution in [1.29, 1.82) is 0 Å². The fourth-order valence-electron chi connectivity index (χ4n) is 2.82. The number of hydrogen-bond acceptors (Lipinski definition) is 4. The van der Waals surface area contributed by atoms with Gasteiger partial charge in [0.15, 0.2) is 0 Å². The SMILES string of the molecule is Cc1ccc(SCCNC(=O)[C@H]2CS[C@H](Cc3ccc(F)cc3)C(=O)N2)cc1. The van der Waals surface area contributed by atoms with Crippen LogP contribution in [0.3, 0.4) is 0 Å². The van der Waals surface area contributed by atoms with Gasteiger partial charge in [-0.3, -0.25) is 9.59 Å². The molecule has 0 unspecified atom stereocenters. The second kappa shape index (κ2) is 9.98. The standard InChI is InChI=1S/C21H23FN2O2S2/c1-14-2-8-17(9-3-14)27-11-10-23-20(25)18-13-28-19(21(26)24-18)12-15-4-6-16(22)7-5-15/h2-9,18-19H,10-13H2,1H3,(H,23,25)(H,24,26)/t18-,19-/m1/s1. The van der Waals surface area contributed by atoms with Crippen LogP contribution >= 0.6 is 23.5 Å². The lowest BCUT2D eigenvalue weighted by molar-refractivity contribution is -0.128. The number of rotatable bonds is 7. The average molecular weight is 419 g/mol. The van der Waals surface area contributed by atoms with E-state index >= 15 is 0 Å². The van der Waals surface area contributed by atoms with Crippen molar-refractivity contribution in [3.63, 3.8) is 0 Å². The van der Waals surface area contributed by atoms with Crippen LogP contribution in [0.5, 0.6) is 0 Å². The second-order valence-electron chi connectivity index (χ2n) is 6.67. The van der Waals surface area contributed by atoms with Crippen molar-refractivity contribution < 1.29 is 14.0 Å². The van der Waals surface area contributed by atoms with Crippen LogP contribution in [0.1, 0.15) is 11.1 Å². The Balaban J connectivity index is 1.39. The van der Waals surface area contributed by atoms with Crippen LogP contribution in [0.4, 0.5) is 4.39 Å². The lowest BCUT2D eigenvalue weighted by Crippen LogP contribution is -2.54. The molecule has 1 aliphatic heterocycles. The minimum absolute atomic E-state index is 0.144. The summed E-state index contributed by atoms with van der Waals surface area (Å²) in [6, 6.07) is 13.9. The van der Waals surface area contributed by atoms with E-state index in [2.05, 4.69) is 41.8 Å². The molecule has 0 spiro atoms. The maximum Gasteiger partial charge on any atom is 0.243 e. The minimum Gasteiger partial charge on any atom is -0.353 e. The van der Waals surface area contributed by atoms with Gasteiger partial charge >= 0.3 is 0 Å². The number of aryl methyl sites for hydroxylation is 1. The summed E-state index contributed by atoms with van der Waals surface area (Å²) in [4.78, 5) is 25.8. The van der Waals surface area contributed by atoms with Crippen LogP contribution in [-0.2, 0) is 16.0 Å². The van der Waals surface area contributed by atoms with Crippen molar-refractivity contribution in [3.05, 3.63) is 65.5 Å². The Kier molecular flexibility index (Phi) is 7.39. The molecule has 2 atom stereocenters. The molecule has 1 aliphatic rings. The molecule has 3 rings (SSSR count). The molecular formula is C21H23FN2O2S2. The Bertz CT molecular complexity index is 812. The third kappa shape index (κ3) is 6.01. The highest BCUT2D eigenvalue weighted by molar-refractivity contribution is 8.00. The van der Waals surface area contributed by atoms with Gasteiger partial charge in [0.1, 0.15) is 11.9 Å². The predicted molar refractivity (Wildman–Crippen MR) is 113 cm³/mol. The summed E-state index contributed by atoms with van der Waals surface area (Å²) in [6.45, 7) is 2.60. The van der Waals surface area contributed by atoms with Gasteiger partial charge in [-0.1, -0.05) is 29.8 Å². The van der Waals surface area contributed by atoms with E-state index in [0.717, 1.165) is 11.3 Å². The molecule has 4 nitrogen and oxygen atoms in total. The van der Waals surface area contributed by atoms with Gasteiger partial charge in [0, 0.05) is 22.9 Å². The summed E-state index contributed by atoms with van der Waals surface area (Å²) >= 11 is 3.16. The van der Waals surface area contributed by atoms with Crippen LogP contribution < -0.4 is 10.6 Å². The van der Waals surface area contributed by atoms with Crippen LogP contribution in [0, 0.1) is 12.7 Å². The lowest BCUT2D eigenvalue weighted by Gasteiger charge is -2.28. The maximum atomic E-state index is 13.0. The van der Waals surface area contributed by atoms with Crippen LogP contribution in [0.2, 0.25) is 0 Å². The lowest BCUT2D eigenvalue weighted by atomic mass is 10.1. The van der Waals surface area contributed by atoms with Crippen molar-refractivity contribution in [2.75, 3.05) is 18.1 Å². The highest BCUT2D eigenvalue weighted by Crippen LogP contribution is 2.22. The summed E-state index contributed by atoms with van der Waals surface area (Å²) in [5, 5.41) is 5.45. The molecule has 2 amide bonds. The first-order valence-corrected chi connectivity index (χ1v) is 11.2. The number of benzene rings is 2. The molecule has 0 bridgehead atoms. The number of halogens is 1. The number of nitrogens with one attached hydrogen (secondary N) is 2. The quantitative estimate of drug-likeness (QED) is 0.536. The topological polar surface area (TPSA) is 58.2 Å². The molecule has 0 aliphatic carbocycles. The van der Waals surface area contributed by atoms with Crippen molar-refractivity contribution in [2.24, 2.45) is 0 Å². The molecule has 2 aromatic carbocycles. The summed E-state index contributed by atoms with van der Waals surface area (Å²) in [6.07, 6.45) is 0.526. The predicted octanol–water partition coefficient (Wildman–Crippen LogP) is 3.19. The number of hydrogen-bond donors (Lipinski definition) is 2. The summed E-state index contributed by atoms with van der Waals surface area (Å²) in [5.74, 6) is 0.728. The van der Waals surface area contributed by atoms with Crippen LogP contribution in [-0.4, -0.2) is 41.2 Å². The van der Waals surface area contributed by atoms with Gasteiger partial charge in [-0.2, -0.15) is 0 Å². The first kappa shape index (κ1) is 20.7. The molecule has 2 aromatic rings. The Morgan fingerprint density at radius 2 is 1.93 bits per heavy atom. The normalized spacial score (nSPS) is 19.1. The highest BCUT2D eigenvalue weighted by Gasteiger charge is 2.32. The molecule has 0 aromatic heterocycles. The molecule has 28 heavy (non-hydrogen) atoms. The summed E-state index contributed by atoms with van der Waals surface area (Å²) < 4.78 is 13.0. The number of amides is 2. The number of carbonyl (C=O) groups excluding carboxylic acids is 2. The van der Waals surface area contributed by atoms with E-state index in [0.29, 0.717) is 18.7 Å². The third-order valence-corrected chi connectivity index (χ3v) is 6.74. The Hall–Kier alpha value is -1.99. The molecular weight excluding hydrogens is 395 g/mol. The monoisotopic (exact) mass is 418 g/mol. The van der Waals surface area contributed by atoms with E-state index < -0.39 is 6.04 Å². The average Bonchev–Trinajstić information content (AvgIpc) is 2.69. The van der Waals surface area contributed by atoms with Gasteiger partial charge in [-0.15, -0.1) is 23.5 Å². The van der Waals surface area contributed by atoms with Gasteiger partial charge in [0.2, 0.25) is 11.8 Å². The van der Waals surface area contributed by atoms with E-state index in [4.69, 9.17) is 0 Å². The maximum absolute atomic E-state index is 13.0. The molecule has 2 N–H and O–H groups in total. The third-order valence-electron chi connectivity index (χ3n) is 4.41. The van der Waals surface area contributed by atoms with Crippen molar-refractivity contribution >= 4 is 35.3 Å². The zero-order valence-corrected chi connectivity index (χ0v) is 17.2. The fraction of sp³-hybridized carbons (Fsp3) is 0.333.